The molecule has 0 amide bonds. The zero-order valence-electron chi connectivity index (χ0n) is 12.5. The molecule has 1 aromatic carbocycles. The summed E-state index contributed by atoms with van der Waals surface area (Å²) in [7, 11) is 2.01. The van der Waals surface area contributed by atoms with Crippen LogP contribution in [0.5, 0.6) is 0 Å². The van der Waals surface area contributed by atoms with Crippen LogP contribution in [0.2, 0.25) is 0 Å². The van der Waals surface area contributed by atoms with E-state index in [0.29, 0.717) is 17.8 Å². The molecule has 1 saturated heterocycles. The minimum absolute atomic E-state index is 0.566. The summed E-state index contributed by atoms with van der Waals surface area (Å²) in [6.07, 6.45) is 3.79. The lowest BCUT2D eigenvalue weighted by molar-refractivity contribution is 0.127. The lowest BCUT2D eigenvalue weighted by atomic mass is 10.0. The third-order valence-electron chi connectivity index (χ3n) is 4.01. The molecular formula is C16H22N4O. The van der Waals surface area contributed by atoms with E-state index in [9.17, 15) is 0 Å². The van der Waals surface area contributed by atoms with Crippen molar-refractivity contribution in [3.8, 4) is 11.5 Å². The fourth-order valence-electron chi connectivity index (χ4n) is 2.92. The van der Waals surface area contributed by atoms with Crippen LogP contribution >= 0.6 is 0 Å². The van der Waals surface area contributed by atoms with Crippen molar-refractivity contribution in [1.29, 1.82) is 0 Å². The summed E-state index contributed by atoms with van der Waals surface area (Å²) in [6, 6.07) is 10.5. The van der Waals surface area contributed by atoms with Gasteiger partial charge in [-0.25, -0.2) is 0 Å². The summed E-state index contributed by atoms with van der Waals surface area (Å²) < 4.78 is 5.81. The van der Waals surface area contributed by atoms with E-state index in [-0.39, 0.29) is 0 Å². The van der Waals surface area contributed by atoms with E-state index in [2.05, 4.69) is 20.4 Å². The van der Waals surface area contributed by atoms with Crippen molar-refractivity contribution in [2.75, 3.05) is 20.1 Å². The van der Waals surface area contributed by atoms with Crippen molar-refractivity contribution < 1.29 is 4.42 Å². The number of rotatable bonds is 5. The standard InChI is InChI=1S/C16H22N4O/c1-17-11-14-9-5-6-10-20(14)12-15-18-19-16(21-15)13-7-3-2-4-8-13/h2-4,7-8,14,17H,5-6,9-12H2,1H3. The second-order valence-corrected chi connectivity index (χ2v) is 5.54. The molecular weight excluding hydrogens is 264 g/mol. The van der Waals surface area contributed by atoms with Gasteiger partial charge in [-0.1, -0.05) is 24.6 Å². The topological polar surface area (TPSA) is 54.2 Å². The number of likely N-dealkylation sites (tertiary alicyclic amines) is 1. The monoisotopic (exact) mass is 286 g/mol. The van der Waals surface area contributed by atoms with Gasteiger partial charge in [0.1, 0.15) is 0 Å². The lowest BCUT2D eigenvalue weighted by Crippen LogP contribution is -2.44. The molecule has 1 unspecified atom stereocenters. The van der Waals surface area contributed by atoms with Crippen LogP contribution in [-0.4, -0.2) is 41.3 Å². The number of benzene rings is 1. The first-order valence-electron chi connectivity index (χ1n) is 7.63. The highest BCUT2D eigenvalue weighted by Gasteiger charge is 2.23. The summed E-state index contributed by atoms with van der Waals surface area (Å²) >= 11 is 0. The Morgan fingerprint density at radius 1 is 1.24 bits per heavy atom. The molecule has 1 fully saturated rings. The molecule has 2 aromatic rings. The van der Waals surface area contributed by atoms with Crippen molar-refractivity contribution >= 4 is 0 Å². The highest BCUT2D eigenvalue weighted by molar-refractivity contribution is 5.51. The van der Waals surface area contributed by atoms with Gasteiger partial charge < -0.3 is 9.73 Å². The minimum Gasteiger partial charge on any atom is -0.419 e. The van der Waals surface area contributed by atoms with E-state index in [1.54, 1.807) is 0 Å². The Morgan fingerprint density at radius 2 is 2.10 bits per heavy atom. The van der Waals surface area contributed by atoms with Crippen molar-refractivity contribution in [2.45, 2.75) is 31.8 Å². The van der Waals surface area contributed by atoms with Crippen LogP contribution in [-0.2, 0) is 6.54 Å². The van der Waals surface area contributed by atoms with Gasteiger partial charge in [0.2, 0.25) is 11.8 Å². The Bertz CT molecular complexity index is 552. The van der Waals surface area contributed by atoms with Crippen LogP contribution in [0.25, 0.3) is 11.5 Å². The Balaban J connectivity index is 1.69. The van der Waals surface area contributed by atoms with Crippen molar-refractivity contribution in [1.82, 2.24) is 20.4 Å². The molecule has 5 heteroatoms. The molecule has 0 bridgehead atoms. The van der Waals surface area contributed by atoms with Gasteiger partial charge >= 0.3 is 0 Å². The van der Waals surface area contributed by atoms with Gasteiger partial charge in [-0.05, 0) is 38.6 Å². The number of piperidine rings is 1. The molecule has 0 aliphatic carbocycles. The van der Waals surface area contributed by atoms with Crippen LogP contribution in [0.15, 0.2) is 34.7 Å². The van der Waals surface area contributed by atoms with Gasteiger partial charge in [-0.15, -0.1) is 10.2 Å². The van der Waals surface area contributed by atoms with E-state index in [0.717, 1.165) is 25.2 Å². The number of aromatic nitrogens is 2. The molecule has 2 heterocycles. The van der Waals surface area contributed by atoms with Gasteiger partial charge in [0.25, 0.3) is 0 Å². The second-order valence-electron chi connectivity index (χ2n) is 5.54. The molecule has 1 aliphatic heterocycles. The van der Waals surface area contributed by atoms with E-state index in [4.69, 9.17) is 4.42 Å². The second kappa shape index (κ2) is 6.83. The Morgan fingerprint density at radius 3 is 2.90 bits per heavy atom. The highest BCUT2D eigenvalue weighted by Crippen LogP contribution is 2.21. The average molecular weight is 286 g/mol. The summed E-state index contributed by atoms with van der Waals surface area (Å²) in [5.74, 6) is 1.31. The summed E-state index contributed by atoms with van der Waals surface area (Å²) in [5.41, 5.74) is 0.974. The zero-order chi connectivity index (χ0) is 14.5. The number of nitrogens with zero attached hydrogens (tertiary/aromatic N) is 3. The first kappa shape index (κ1) is 14.2. The van der Waals surface area contributed by atoms with E-state index in [1.165, 1.54) is 19.3 Å². The van der Waals surface area contributed by atoms with Crippen LogP contribution in [0.4, 0.5) is 0 Å². The predicted molar refractivity (Wildman–Crippen MR) is 81.7 cm³/mol. The van der Waals surface area contributed by atoms with Crippen LogP contribution in [0.1, 0.15) is 25.2 Å². The van der Waals surface area contributed by atoms with Crippen LogP contribution in [0, 0.1) is 0 Å². The Hall–Kier alpha value is -1.72. The first-order valence-corrected chi connectivity index (χ1v) is 7.63. The first-order chi connectivity index (χ1) is 10.4. The minimum atomic E-state index is 0.566. The molecule has 1 N–H and O–H groups in total. The molecule has 0 saturated carbocycles. The maximum absolute atomic E-state index is 5.81. The molecule has 0 radical (unpaired) electrons. The molecule has 3 rings (SSSR count). The SMILES string of the molecule is CNCC1CCCCN1Cc1nnc(-c2ccccc2)o1. The van der Waals surface area contributed by atoms with Gasteiger partial charge in [-0.3, -0.25) is 4.90 Å². The Labute approximate surface area is 125 Å². The Kier molecular flexibility index (Phi) is 4.62. The van der Waals surface area contributed by atoms with Gasteiger partial charge in [0, 0.05) is 18.2 Å². The maximum Gasteiger partial charge on any atom is 0.247 e. The fourth-order valence-corrected chi connectivity index (χ4v) is 2.92. The maximum atomic E-state index is 5.81. The molecule has 5 nitrogen and oxygen atoms in total. The quantitative estimate of drug-likeness (QED) is 0.914. The molecule has 0 spiro atoms. The molecule has 1 aromatic heterocycles. The number of hydrogen-bond donors (Lipinski definition) is 1. The smallest absolute Gasteiger partial charge is 0.247 e. The number of hydrogen-bond acceptors (Lipinski definition) is 5. The van der Waals surface area contributed by atoms with Crippen LogP contribution in [0.3, 0.4) is 0 Å². The van der Waals surface area contributed by atoms with Gasteiger partial charge in [0.05, 0.1) is 6.54 Å². The van der Waals surface area contributed by atoms with Crippen molar-refractivity contribution in [2.24, 2.45) is 0 Å². The van der Waals surface area contributed by atoms with Crippen molar-refractivity contribution in [3.05, 3.63) is 36.2 Å². The van der Waals surface area contributed by atoms with E-state index >= 15 is 0 Å². The van der Waals surface area contributed by atoms with Crippen LogP contribution < -0.4 is 5.32 Å². The average Bonchev–Trinajstić information content (AvgIpc) is 2.99. The van der Waals surface area contributed by atoms with Gasteiger partial charge in [-0.2, -0.15) is 0 Å². The van der Waals surface area contributed by atoms with E-state index < -0.39 is 0 Å². The van der Waals surface area contributed by atoms with E-state index in [1.807, 2.05) is 37.4 Å². The summed E-state index contributed by atoms with van der Waals surface area (Å²) in [5, 5.41) is 11.6. The van der Waals surface area contributed by atoms with Crippen molar-refractivity contribution in [3.63, 3.8) is 0 Å². The normalized spacial score (nSPS) is 19.8. The van der Waals surface area contributed by atoms with Gasteiger partial charge in [0.15, 0.2) is 0 Å². The third kappa shape index (κ3) is 3.49. The molecule has 1 aliphatic rings. The molecule has 112 valence electrons. The highest BCUT2D eigenvalue weighted by atomic mass is 16.4. The fraction of sp³-hybridized carbons (Fsp3) is 0.500. The number of likely N-dealkylation sites (N-methyl/N-ethyl adjacent to an activating group) is 1. The summed E-state index contributed by atoms with van der Waals surface area (Å²) in [4.78, 5) is 2.45. The predicted octanol–water partition coefficient (Wildman–Crippen LogP) is 2.31. The molecule has 1 atom stereocenters. The largest absolute Gasteiger partial charge is 0.419 e. The third-order valence-corrected chi connectivity index (χ3v) is 4.01. The lowest BCUT2D eigenvalue weighted by Gasteiger charge is -2.34. The summed E-state index contributed by atoms with van der Waals surface area (Å²) in [6.45, 7) is 2.86. The molecule has 21 heavy (non-hydrogen) atoms. The zero-order valence-corrected chi connectivity index (χ0v) is 12.5. The number of nitrogens with one attached hydrogen (secondary N) is 1.